The van der Waals surface area contributed by atoms with Crippen LogP contribution in [0.15, 0.2) is 53.7 Å². The van der Waals surface area contributed by atoms with Crippen LogP contribution in [0.1, 0.15) is 47.3 Å². The quantitative estimate of drug-likeness (QED) is 0.359. The van der Waals surface area contributed by atoms with Crippen molar-refractivity contribution in [2.24, 2.45) is 0 Å². The minimum absolute atomic E-state index is 0.0418. The monoisotopic (exact) mass is 610 g/mol. The summed E-state index contributed by atoms with van der Waals surface area (Å²) < 4.78 is 28.8. The number of rotatable bonds is 9. The van der Waals surface area contributed by atoms with E-state index < -0.39 is 15.9 Å². The molecule has 0 radical (unpaired) electrons. The Labute approximate surface area is 218 Å². The minimum Gasteiger partial charge on any atom is -0.349 e. The summed E-state index contributed by atoms with van der Waals surface area (Å²) in [5.41, 5.74) is 1.74. The minimum atomic E-state index is -3.55. The molecule has 0 aliphatic heterocycles. The summed E-state index contributed by atoms with van der Waals surface area (Å²) in [7, 11) is -2.01. The molecule has 35 heavy (non-hydrogen) atoms. The number of hydrogen-bond acceptors (Lipinski definition) is 6. The van der Waals surface area contributed by atoms with Crippen molar-refractivity contribution in [1.82, 2.24) is 29.7 Å². The fourth-order valence-electron chi connectivity index (χ4n) is 3.07. The second-order valence-corrected chi connectivity index (χ2v) is 11.2. The fraction of sp³-hybridized carbons (Fsp3) is 0.304. The summed E-state index contributed by atoms with van der Waals surface area (Å²) >= 11 is 2.00. The second kappa shape index (κ2) is 11.3. The summed E-state index contributed by atoms with van der Waals surface area (Å²) in [5.74, 6) is -0.758. The van der Waals surface area contributed by atoms with Crippen molar-refractivity contribution in [3.8, 4) is 5.69 Å². The van der Waals surface area contributed by atoms with Crippen LogP contribution >= 0.6 is 22.6 Å². The van der Waals surface area contributed by atoms with E-state index in [1.165, 1.54) is 4.31 Å². The molecule has 0 aliphatic carbocycles. The van der Waals surface area contributed by atoms with Crippen molar-refractivity contribution in [3.63, 3.8) is 0 Å². The van der Waals surface area contributed by atoms with Gasteiger partial charge in [-0.1, -0.05) is 13.0 Å². The van der Waals surface area contributed by atoms with Gasteiger partial charge in [0.25, 0.3) is 11.8 Å². The highest BCUT2D eigenvalue weighted by Gasteiger charge is 2.22. The molecular formula is C23H27IN6O4S. The summed E-state index contributed by atoms with van der Waals surface area (Å²) in [6.45, 7) is 6.04. The number of halogens is 1. The molecule has 0 bridgehead atoms. The maximum absolute atomic E-state index is 12.6. The molecule has 3 rings (SSSR count). The van der Waals surface area contributed by atoms with Gasteiger partial charge in [0.1, 0.15) is 11.4 Å². The largest absolute Gasteiger partial charge is 0.349 e. The maximum Gasteiger partial charge on any atom is 0.270 e. The van der Waals surface area contributed by atoms with E-state index in [0.717, 1.165) is 5.56 Å². The molecule has 2 aromatic heterocycles. The van der Waals surface area contributed by atoms with Crippen LogP contribution in [0.2, 0.25) is 0 Å². The Morgan fingerprint density at radius 2 is 1.83 bits per heavy atom. The van der Waals surface area contributed by atoms with Gasteiger partial charge in [0, 0.05) is 41.5 Å². The van der Waals surface area contributed by atoms with Crippen LogP contribution in [-0.4, -0.2) is 58.9 Å². The number of benzene rings is 1. The van der Waals surface area contributed by atoms with Crippen molar-refractivity contribution < 1.29 is 18.0 Å². The van der Waals surface area contributed by atoms with Gasteiger partial charge in [0.2, 0.25) is 10.0 Å². The van der Waals surface area contributed by atoms with Crippen LogP contribution in [-0.2, 0) is 16.6 Å². The van der Waals surface area contributed by atoms with Gasteiger partial charge in [-0.2, -0.15) is 5.10 Å². The van der Waals surface area contributed by atoms with Crippen LogP contribution < -0.4 is 10.6 Å². The Balaban J connectivity index is 1.69. The number of carbonyl (C=O) groups is 2. The molecule has 0 spiro atoms. The van der Waals surface area contributed by atoms with E-state index in [1.54, 1.807) is 67.4 Å². The summed E-state index contributed by atoms with van der Waals surface area (Å²) in [6, 6.07) is 9.65. The third-order valence-electron chi connectivity index (χ3n) is 5.04. The van der Waals surface area contributed by atoms with Gasteiger partial charge < -0.3 is 10.6 Å². The lowest BCUT2D eigenvalue weighted by Crippen LogP contribution is -2.31. The third-order valence-corrected chi connectivity index (χ3v) is 8.29. The van der Waals surface area contributed by atoms with Gasteiger partial charge in [-0.25, -0.2) is 22.4 Å². The van der Waals surface area contributed by atoms with E-state index in [4.69, 9.17) is 0 Å². The van der Waals surface area contributed by atoms with E-state index in [2.05, 4.69) is 20.7 Å². The number of aromatic nitrogens is 3. The number of carbonyl (C=O) groups excluding carboxylic acids is 2. The first-order chi connectivity index (χ1) is 16.5. The molecule has 2 heterocycles. The van der Waals surface area contributed by atoms with Crippen LogP contribution in [0.5, 0.6) is 0 Å². The maximum atomic E-state index is 12.6. The van der Waals surface area contributed by atoms with Crippen LogP contribution in [0.25, 0.3) is 5.69 Å². The van der Waals surface area contributed by atoms with Gasteiger partial charge in [0.05, 0.1) is 16.8 Å². The zero-order valence-electron chi connectivity index (χ0n) is 19.8. The standard InChI is InChI=1S/C23H27IN6O4S/c1-5-29(4)35(33,34)21-10-9-17(11-18(21)24)30-14-16(13-26-30)12-25-22(31)19-7-6-8-20(28-19)23(32)27-15(2)3/h6-11,13-15H,5,12H2,1-4H3,(H,25,31)(H,27,32). The van der Waals surface area contributed by atoms with Crippen LogP contribution in [0.4, 0.5) is 0 Å². The topological polar surface area (TPSA) is 126 Å². The highest BCUT2D eigenvalue weighted by molar-refractivity contribution is 14.1. The summed E-state index contributed by atoms with van der Waals surface area (Å²) in [4.78, 5) is 29.1. The molecule has 0 fully saturated rings. The molecule has 0 saturated heterocycles. The lowest BCUT2D eigenvalue weighted by Gasteiger charge is -2.16. The number of hydrogen-bond donors (Lipinski definition) is 2. The lowest BCUT2D eigenvalue weighted by atomic mass is 10.2. The summed E-state index contributed by atoms with van der Waals surface area (Å²) in [5, 5.41) is 9.84. The average molecular weight is 610 g/mol. The predicted molar refractivity (Wildman–Crippen MR) is 140 cm³/mol. The molecule has 10 nitrogen and oxygen atoms in total. The molecule has 1 aromatic carbocycles. The number of nitrogens with one attached hydrogen (secondary N) is 2. The molecule has 0 saturated carbocycles. The van der Waals surface area contributed by atoms with Gasteiger partial charge in [0.15, 0.2) is 0 Å². The number of nitrogens with zero attached hydrogens (tertiary/aromatic N) is 4. The Kier molecular flexibility index (Phi) is 8.61. The van der Waals surface area contributed by atoms with E-state index in [0.29, 0.717) is 15.8 Å². The fourth-order valence-corrected chi connectivity index (χ4v) is 5.62. The zero-order chi connectivity index (χ0) is 25.8. The Bertz CT molecular complexity index is 1340. The highest BCUT2D eigenvalue weighted by atomic mass is 127. The van der Waals surface area contributed by atoms with Crippen molar-refractivity contribution in [2.45, 2.75) is 38.3 Å². The molecule has 3 aromatic rings. The van der Waals surface area contributed by atoms with Gasteiger partial charge in [-0.3, -0.25) is 9.59 Å². The van der Waals surface area contributed by atoms with Crippen molar-refractivity contribution >= 4 is 44.4 Å². The van der Waals surface area contributed by atoms with Crippen LogP contribution in [0, 0.1) is 3.57 Å². The van der Waals surface area contributed by atoms with E-state index >= 15 is 0 Å². The van der Waals surface area contributed by atoms with E-state index in [9.17, 15) is 18.0 Å². The third kappa shape index (κ3) is 6.44. The first kappa shape index (κ1) is 26.8. The SMILES string of the molecule is CCN(C)S(=O)(=O)c1ccc(-n2cc(CNC(=O)c3cccc(C(=O)NC(C)C)n3)cn2)cc1I. The second-order valence-electron chi connectivity index (χ2n) is 8.05. The van der Waals surface area contributed by atoms with Gasteiger partial charge in [-0.05, 0) is 66.8 Å². The molecular weight excluding hydrogens is 583 g/mol. The molecule has 0 aliphatic rings. The molecule has 186 valence electrons. The Morgan fingerprint density at radius 3 is 2.46 bits per heavy atom. The smallest absolute Gasteiger partial charge is 0.270 e. The Morgan fingerprint density at radius 1 is 1.14 bits per heavy atom. The van der Waals surface area contributed by atoms with Crippen molar-refractivity contribution in [2.75, 3.05) is 13.6 Å². The first-order valence-electron chi connectivity index (χ1n) is 10.9. The summed E-state index contributed by atoms with van der Waals surface area (Å²) in [6.07, 6.45) is 3.36. The molecule has 0 atom stereocenters. The van der Waals surface area contributed by atoms with Crippen molar-refractivity contribution in [3.05, 3.63) is 69.3 Å². The molecule has 2 amide bonds. The molecule has 2 N–H and O–H groups in total. The highest BCUT2D eigenvalue weighted by Crippen LogP contribution is 2.24. The lowest BCUT2D eigenvalue weighted by molar-refractivity contribution is 0.0936. The number of pyridine rings is 1. The van der Waals surface area contributed by atoms with E-state index in [-0.39, 0.29) is 34.8 Å². The Hall–Kier alpha value is -2.84. The number of amides is 2. The van der Waals surface area contributed by atoms with Gasteiger partial charge in [-0.15, -0.1) is 0 Å². The normalized spacial score (nSPS) is 11.6. The predicted octanol–water partition coefficient (Wildman–Crippen LogP) is 2.58. The average Bonchev–Trinajstić information content (AvgIpc) is 3.30. The van der Waals surface area contributed by atoms with Crippen molar-refractivity contribution in [1.29, 1.82) is 0 Å². The van der Waals surface area contributed by atoms with Crippen LogP contribution in [0.3, 0.4) is 0 Å². The van der Waals surface area contributed by atoms with Gasteiger partial charge >= 0.3 is 0 Å². The zero-order valence-corrected chi connectivity index (χ0v) is 22.8. The molecule has 12 heteroatoms. The van der Waals surface area contributed by atoms with E-state index in [1.807, 2.05) is 36.4 Å². The first-order valence-corrected chi connectivity index (χ1v) is 13.4. The molecule has 0 unspecified atom stereocenters. The number of sulfonamides is 1.